The number of amides is 2. The molecule has 1 aliphatic carbocycles. The van der Waals surface area contributed by atoms with E-state index in [4.69, 9.17) is 15.2 Å². The second kappa shape index (κ2) is 9.84. The zero-order valence-electron chi connectivity index (χ0n) is 18.9. The van der Waals surface area contributed by atoms with Gasteiger partial charge in [0.15, 0.2) is 5.54 Å². The Morgan fingerprint density at radius 3 is 2.19 bits per heavy atom. The fourth-order valence-corrected chi connectivity index (χ4v) is 2.74. The molecule has 2 unspecified atom stereocenters. The fraction of sp³-hybridized carbons (Fsp3) is 0.619. The second-order valence-corrected chi connectivity index (χ2v) is 9.34. The van der Waals surface area contributed by atoms with E-state index in [2.05, 4.69) is 10.6 Å². The Labute approximate surface area is 182 Å². The van der Waals surface area contributed by atoms with Crippen molar-refractivity contribution in [3.05, 3.63) is 23.9 Å². The van der Waals surface area contributed by atoms with Crippen LogP contribution in [0.3, 0.4) is 0 Å². The Hall–Kier alpha value is -3.04. The minimum Gasteiger partial charge on any atom is -0.479 e. The van der Waals surface area contributed by atoms with Gasteiger partial charge in [0, 0.05) is 18.5 Å². The van der Waals surface area contributed by atoms with Crippen LogP contribution in [0.25, 0.3) is 0 Å². The summed E-state index contributed by atoms with van der Waals surface area (Å²) in [6.07, 6.45) is 4.02. The van der Waals surface area contributed by atoms with Crippen LogP contribution in [0.5, 0.6) is 0 Å². The lowest BCUT2D eigenvalue weighted by Crippen LogP contribution is -2.59. The Morgan fingerprint density at radius 2 is 1.71 bits per heavy atom. The number of rotatable bonds is 7. The molecular weight excluding hydrogens is 406 g/mol. The molecule has 0 aromatic heterocycles. The van der Waals surface area contributed by atoms with Crippen LogP contribution in [0, 0.1) is 0 Å². The van der Waals surface area contributed by atoms with Crippen LogP contribution >= 0.6 is 0 Å². The van der Waals surface area contributed by atoms with Crippen molar-refractivity contribution in [1.29, 1.82) is 0 Å². The number of carbonyl (C=O) groups is 4. The van der Waals surface area contributed by atoms with Gasteiger partial charge in [0.05, 0.1) is 0 Å². The number of carboxylic acids is 1. The molecule has 2 amide bonds. The molecule has 0 aliphatic heterocycles. The van der Waals surface area contributed by atoms with Gasteiger partial charge in [0.25, 0.3) is 0 Å². The van der Waals surface area contributed by atoms with E-state index < -0.39 is 46.7 Å². The molecule has 0 aromatic rings. The molecule has 0 fully saturated rings. The molecule has 0 heterocycles. The van der Waals surface area contributed by atoms with Crippen LogP contribution in [0.1, 0.15) is 60.8 Å². The Balaban J connectivity index is 2.93. The molecule has 0 saturated heterocycles. The minimum atomic E-state index is -1.76. The molecule has 2 atom stereocenters. The van der Waals surface area contributed by atoms with E-state index >= 15 is 0 Å². The van der Waals surface area contributed by atoms with E-state index in [0.717, 1.165) is 0 Å². The first-order valence-electron chi connectivity index (χ1n) is 9.95. The van der Waals surface area contributed by atoms with Crippen molar-refractivity contribution in [1.82, 2.24) is 10.6 Å². The van der Waals surface area contributed by atoms with Gasteiger partial charge in [0.2, 0.25) is 0 Å². The average Bonchev–Trinajstić information content (AvgIpc) is 2.55. The molecule has 0 aromatic carbocycles. The summed E-state index contributed by atoms with van der Waals surface area (Å²) in [5.41, 5.74) is 2.59. The van der Waals surface area contributed by atoms with Crippen LogP contribution in [-0.4, -0.2) is 51.8 Å². The van der Waals surface area contributed by atoms with Crippen molar-refractivity contribution in [2.45, 2.75) is 83.6 Å². The van der Waals surface area contributed by atoms with E-state index in [1.54, 1.807) is 41.5 Å². The largest absolute Gasteiger partial charge is 0.479 e. The molecule has 5 N–H and O–H groups in total. The van der Waals surface area contributed by atoms with Gasteiger partial charge in [0.1, 0.15) is 17.2 Å². The number of aliphatic carboxylic acids is 1. The van der Waals surface area contributed by atoms with Gasteiger partial charge < -0.3 is 30.9 Å². The Kier molecular flexibility index (Phi) is 8.26. The lowest BCUT2D eigenvalue weighted by molar-refractivity contribution is -0.158. The SMILES string of the molecule is CC(C)(C)OC(=O)CCC(NC(=O)NC1(C(=O)O)C=C(N)C=CC1)C(=O)OC(C)(C)C. The Morgan fingerprint density at radius 1 is 1.13 bits per heavy atom. The van der Waals surface area contributed by atoms with Crippen molar-refractivity contribution in [2.24, 2.45) is 5.73 Å². The van der Waals surface area contributed by atoms with Crippen molar-refractivity contribution in [2.75, 3.05) is 0 Å². The topological polar surface area (TPSA) is 157 Å². The summed E-state index contributed by atoms with van der Waals surface area (Å²) in [7, 11) is 0. The zero-order chi connectivity index (χ0) is 24.0. The first kappa shape index (κ1) is 26.0. The highest BCUT2D eigenvalue weighted by molar-refractivity contribution is 5.91. The minimum absolute atomic E-state index is 0.0224. The molecular formula is C21H33N3O7. The van der Waals surface area contributed by atoms with Crippen LogP contribution in [0.15, 0.2) is 23.9 Å². The van der Waals surface area contributed by atoms with E-state index in [1.165, 1.54) is 18.2 Å². The van der Waals surface area contributed by atoms with Gasteiger partial charge in [-0.1, -0.05) is 6.08 Å². The smallest absolute Gasteiger partial charge is 0.333 e. The van der Waals surface area contributed by atoms with Gasteiger partial charge in [-0.3, -0.25) is 4.79 Å². The lowest BCUT2D eigenvalue weighted by atomic mass is 9.90. The number of ether oxygens (including phenoxy) is 2. The molecule has 0 bridgehead atoms. The molecule has 174 valence electrons. The number of hydrogen-bond acceptors (Lipinski definition) is 7. The summed E-state index contributed by atoms with van der Waals surface area (Å²) >= 11 is 0. The third-order valence-electron chi connectivity index (χ3n) is 3.94. The molecule has 0 spiro atoms. The normalized spacial score (nSPS) is 19.6. The third kappa shape index (κ3) is 9.10. The van der Waals surface area contributed by atoms with Crippen molar-refractivity contribution in [3.63, 3.8) is 0 Å². The molecule has 0 saturated carbocycles. The highest BCUT2D eigenvalue weighted by atomic mass is 16.6. The number of nitrogens with two attached hydrogens (primary N) is 1. The summed E-state index contributed by atoms with van der Waals surface area (Å²) in [5, 5.41) is 14.4. The molecule has 1 rings (SSSR count). The molecule has 1 aliphatic rings. The molecule has 0 radical (unpaired) electrons. The number of carboxylic acid groups (broad SMARTS) is 1. The summed E-state index contributed by atoms with van der Waals surface area (Å²) in [5.74, 6) is -2.61. The standard InChI is InChI=1S/C21H33N3O7/c1-19(2,3)30-15(25)10-9-14(16(26)31-20(4,5)6)23-18(29)24-21(17(27)28)11-7-8-13(22)12-21/h7-8,12,14H,9-11,22H2,1-6H3,(H,27,28)(H2,23,24,29). The number of nitrogens with one attached hydrogen (secondary N) is 2. The van der Waals surface area contributed by atoms with Crippen LogP contribution in [0.2, 0.25) is 0 Å². The molecule has 31 heavy (non-hydrogen) atoms. The first-order valence-corrected chi connectivity index (χ1v) is 9.95. The lowest BCUT2D eigenvalue weighted by Gasteiger charge is -2.30. The van der Waals surface area contributed by atoms with Gasteiger partial charge in [-0.2, -0.15) is 0 Å². The number of carbonyl (C=O) groups excluding carboxylic acids is 3. The monoisotopic (exact) mass is 439 g/mol. The van der Waals surface area contributed by atoms with Crippen LogP contribution < -0.4 is 16.4 Å². The van der Waals surface area contributed by atoms with Gasteiger partial charge in [-0.25, -0.2) is 14.4 Å². The van der Waals surface area contributed by atoms with Crippen LogP contribution in [-0.2, 0) is 23.9 Å². The second-order valence-electron chi connectivity index (χ2n) is 9.34. The van der Waals surface area contributed by atoms with E-state index in [0.29, 0.717) is 0 Å². The third-order valence-corrected chi connectivity index (χ3v) is 3.94. The number of allylic oxidation sites excluding steroid dienone is 1. The average molecular weight is 440 g/mol. The van der Waals surface area contributed by atoms with Crippen molar-refractivity contribution in [3.8, 4) is 0 Å². The maximum Gasteiger partial charge on any atom is 0.333 e. The summed E-state index contributed by atoms with van der Waals surface area (Å²) in [6, 6.07) is -2.11. The highest BCUT2D eigenvalue weighted by Crippen LogP contribution is 2.20. The van der Waals surface area contributed by atoms with E-state index in [-0.39, 0.29) is 25.0 Å². The predicted molar refractivity (Wildman–Crippen MR) is 113 cm³/mol. The summed E-state index contributed by atoms with van der Waals surface area (Å²) in [6.45, 7) is 10.1. The van der Waals surface area contributed by atoms with Gasteiger partial charge >= 0.3 is 23.9 Å². The Bertz CT molecular complexity index is 775. The maximum absolute atomic E-state index is 12.6. The predicted octanol–water partition coefficient (Wildman–Crippen LogP) is 1.74. The molecule has 10 heteroatoms. The first-order chi connectivity index (χ1) is 14.0. The van der Waals surface area contributed by atoms with E-state index in [9.17, 15) is 24.3 Å². The highest BCUT2D eigenvalue weighted by Gasteiger charge is 2.39. The van der Waals surface area contributed by atoms with E-state index in [1.807, 2.05) is 0 Å². The summed E-state index contributed by atoms with van der Waals surface area (Å²) < 4.78 is 10.5. The summed E-state index contributed by atoms with van der Waals surface area (Å²) in [4.78, 5) is 49.0. The fourth-order valence-electron chi connectivity index (χ4n) is 2.74. The zero-order valence-corrected chi connectivity index (χ0v) is 18.9. The van der Waals surface area contributed by atoms with Gasteiger partial charge in [-0.05, 0) is 60.1 Å². The van der Waals surface area contributed by atoms with Crippen LogP contribution in [0.4, 0.5) is 4.79 Å². The quantitative estimate of drug-likeness (QED) is 0.437. The maximum atomic E-state index is 12.6. The van der Waals surface area contributed by atoms with Gasteiger partial charge in [-0.15, -0.1) is 0 Å². The number of urea groups is 1. The van der Waals surface area contributed by atoms with Crippen molar-refractivity contribution < 1.29 is 33.8 Å². The number of esters is 2. The number of hydrogen-bond donors (Lipinski definition) is 4. The molecule has 10 nitrogen and oxygen atoms in total. The van der Waals surface area contributed by atoms with Crippen molar-refractivity contribution >= 4 is 23.9 Å².